The molecule has 1 saturated carbocycles. The lowest BCUT2D eigenvalue weighted by Gasteiger charge is -2.34. The third-order valence-corrected chi connectivity index (χ3v) is 5.63. The van der Waals surface area contributed by atoms with E-state index in [1.54, 1.807) is 18.2 Å². The Hall–Kier alpha value is -1.95. The highest BCUT2D eigenvalue weighted by Gasteiger charge is 2.57. The van der Waals surface area contributed by atoms with Crippen molar-refractivity contribution in [2.75, 3.05) is 31.6 Å². The average molecular weight is 332 g/mol. The minimum absolute atomic E-state index is 0.228. The van der Waals surface area contributed by atoms with Crippen LogP contribution >= 0.6 is 0 Å². The van der Waals surface area contributed by atoms with Crippen molar-refractivity contribution in [1.82, 2.24) is 4.90 Å². The molecule has 0 spiro atoms. The number of amides is 1. The number of piperidine rings is 1. The Bertz CT molecular complexity index is 718. The van der Waals surface area contributed by atoms with Gasteiger partial charge in [-0.15, -0.1) is 0 Å². The van der Waals surface area contributed by atoms with E-state index in [0.717, 1.165) is 18.4 Å². The lowest BCUT2D eigenvalue weighted by Crippen LogP contribution is -2.49. The predicted octanol–water partition coefficient (Wildman–Crippen LogP) is 2.27. The van der Waals surface area contributed by atoms with E-state index in [9.17, 15) is 14.7 Å². The van der Waals surface area contributed by atoms with Crippen molar-refractivity contribution in [1.29, 1.82) is 0 Å². The molecule has 3 aliphatic rings. The zero-order valence-corrected chi connectivity index (χ0v) is 13.7. The van der Waals surface area contributed by atoms with Crippen LogP contribution in [0.25, 0.3) is 0 Å². The second-order valence-corrected chi connectivity index (χ2v) is 7.34. The molecule has 2 saturated heterocycles. The highest BCUT2D eigenvalue weighted by molar-refractivity contribution is 6.03. The van der Waals surface area contributed by atoms with Gasteiger partial charge in [-0.3, -0.25) is 4.79 Å². The van der Waals surface area contributed by atoms with Gasteiger partial charge in [-0.2, -0.15) is 0 Å². The molecule has 1 N–H and O–H groups in total. The number of likely N-dealkylation sites (tertiary alicyclic amines) is 1. The number of anilines is 1. The van der Waals surface area contributed by atoms with E-state index in [0.29, 0.717) is 30.9 Å². The smallest absolute Gasteiger partial charge is 0.335 e. The summed E-state index contributed by atoms with van der Waals surface area (Å²) in [5.41, 5.74) is -0.0914. The number of nitrogens with zero attached hydrogens (tertiary/aromatic N) is 2. The first-order valence-electron chi connectivity index (χ1n) is 8.47. The summed E-state index contributed by atoms with van der Waals surface area (Å²) in [4.78, 5) is 27.7. The number of carboxylic acid groups (broad SMARTS) is 1. The van der Waals surface area contributed by atoms with Gasteiger partial charge in [-0.1, -0.05) is 0 Å². The minimum Gasteiger partial charge on any atom is -0.478 e. The number of benzene rings is 1. The molecule has 1 amide bonds. The van der Waals surface area contributed by atoms with Crippen LogP contribution in [0.5, 0.6) is 0 Å². The fourth-order valence-electron chi connectivity index (χ4n) is 4.05. The van der Waals surface area contributed by atoms with Crippen molar-refractivity contribution in [3.63, 3.8) is 0 Å². The van der Waals surface area contributed by atoms with E-state index in [4.69, 9.17) is 0 Å². The van der Waals surface area contributed by atoms with E-state index in [-0.39, 0.29) is 18.3 Å². The molecule has 0 aromatic heterocycles. The molecule has 0 radical (unpaired) electrons. The number of carboxylic acids is 1. The van der Waals surface area contributed by atoms with Crippen LogP contribution in [0, 0.1) is 5.92 Å². The fraction of sp³-hybridized carbons (Fsp3) is 0.556. The second-order valence-electron chi connectivity index (χ2n) is 7.34. The normalized spacial score (nSPS) is 30.5. The second kappa shape index (κ2) is 5.28. The van der Waals surface area contributed by atoms with Crippen LogP contribution in [0.15, 0.2) is 18.2 Å². The lowest BCUT2D eigenvalue weighted by molar-refractivity contribution is -0.131. The number of halogens is 1. The molecular formula is C18H21FN2O3. The summed E-state index contributed by atoms with van der Waals surface area (Å²) in [6.45, 7) is 1.51. The molecule has 5 nitrogen and oxygen atoms in total. The van der Waals surface area contributed by atoms with Gasteiger partial charge >= 0.3 is 5.97 Å². The third-order valence-electron chi connectivity index (χ3n) is 5.63. The van der Waals surface area contributed by atoms with Crippen LogP contribution in [-0.2, 0) is 4.79 Å². The van der Waals surface area contributed by atoms with E-state index < -0.39 is 17.5 Å². The number of fused-ring (bicyclic) bond motifs is 1. The molecule has 1 aromatic rings. The quantitative estimate of drug-likeness (QED) is 0.922. The zero-order chi connectivity index (χ0) is 17.1. The Morgan fingerprint density at radius 2 is 2.08 bits per heavy atom. The molecular weight excluding hydrogens is 311 g/mol. The zero-order valence-electron chi connectivity index (χ0n) is 13.7. The molecule has 0 bridgehead atoms. The molecule has 1 aromatic carbocycles. The van der Waals surface area contributed by atoms with E-state index >= 15 is 4.39 Å². The van der Waals surface area contributed by atoms with Crippen LogP contribution in [0.3, 0.4) is 0 Å². The van der Waals surface area contributed by atoms with Gasteiger partial charge in [0.25, 0.3) is 5.91 Å². The molecule has 2 heterocycles. The Morgan fingerprint density at radius 1 is 1.33 bits per heavy atom. The fourth-order valence-corrected chi connectivity index (χ4v) is 4.05. The van der Waals surface area contributed by atoms with E-state index in [1.165, 1.54) is 4.90 Å². The Kier molecular flexibility index (Phi) is 3.42. The number of carbonyl (C=O) groups excluding carboxylic acids is 1. The minimum atomic E-state index is -1.78. The van der Waals surface area contributed by atoms with Crippen molar-refractivity contribution in [2.24, 2.45) is 5.92 Å². The van der Waals surface area contributed by atoms with Crippen LogP contribution in [0.4, 0.5) is 10.1 Å². The lowest BCUT2D eigenvalue weighted by atomic mass is 9.85. The number of aromatic carboxylic acids is 1. The number of hydrogen-bond acceptors (Lipinski definition) is 3. The van der Waals surface area contributed by atoms with Crippen molar-refractivity contribution >= 4 is 17.6 Å². The Morgan fingerprint density at radius 3 is 2.75 bits per heavy atom. The third kappa shape index (κ3) is 2.32. The molecule has 3 fully saturated rings. The summed E-state index contributed by atoms with van der Waals surface area (Å²) in [6, 6.07) is 4.97. The predicted molar refractivity (Wildman–Crippen MR) is 87.2 cm³/mol. The van der Waals surface area contributed by atoms with Gasteiger partial charge in [-0.25, -0.2) is 9.18 Å². The number of hydrogen-bond donors (Lipinski definition) is 1. The largest absolute Gasteiger partial charge is 0.478 e. The summed E-state index contributed by atoms with van der Waals surface area (Å²) >= 11 is 0. The monoisotopic (exact) mass is 332 g/mol. The van der Waals surface area contributed by atoms with Crippen LogP contribution in [-0.4, -0.2) is 54.2 Å². The number of carbonyl (C=O) groups is 2. The molecule has 2 aliphatic heterocycles. The average Bonchev–Trinajstić information content (AvgIpc) is 3.36. The SMILES string of the molecule is CN1CC[C@]2(F)C(=O)N(c3ccc(C(=O)O)c(C4CC4)c3)C[C@@H]2C1. The standard InChI is InChI=1S/C18H21FN2O3/c1-20-7-6-18(19)12(9-20)10-21(17(18)24)13-4-5-14(16(22)23)15(8-13)11-2-3-11/h4-5,8,11-12H,2-3,6-7,9-10H2,1H3,(H,22,23)/t12-,18+/m0/s1. The summed E-state index contributed by atoms with van der Waals surface area (Å²) < 4.78 is 15.2. The molecule has 128 valence electrons. The Balaban J connectivity index is 1.68. The van der Waals surface area contributed by atoms with Crippen LogP contribution in [0.2, 0.25) is 0 Å². The Labute approximate surface area is 140 Å². The van der Waals surface area contributed by atoms with Gasteiger partial charge in [0.05, 0.1) is 5.56 Å². The van der Waals surface area contributed by atoms with E-state index in [1.807, 2.05) is 7.05 Å². The van der Waals surface area contributed by atoms with Crippen LogP contribution in [0.1, 0.15) is 41.1 Å². The molecule has 4 rings (SSSR count). The van der Waals surface area contributed by atoms with Crippen molar-refractivity contribution in [3.05, 3.63) is 29.3 Å². The first-order chi connectivity index (χ1) is 11.4. The maximum absolute atomic E-state index is 15.2. The highest BCUT2D eigenvalue weighted by Crippen LogP contribution is 2.45. The van der Waals surface area contributed by atoms with Gasteiger partial charge < -0.3 is 14.9 Å². The first kappa shape index (κ1) is 15.6. The van der Waals surface area contributed by atoms with Gasteiger partial charge in [0.2, 0.25) is 0 Å². The van der Waals surface area contributed by atoms with Crippen LogP contribution < -0.4 is 4.90 Å². The summed E-state index contributed by atoms with van der Waals surface area (Å²) in [6.07, 6.45) is 2.17. The maximum atomic E-state index is 15.2. The van der Waals surface area contributed by atoms with Gasteiger partial charge in [0.1, 0.15) is 0 Å². The summed E-state index contributed by atoms with van der Waals surface area (Å²) in [7, 11) is 1.94. The molecule has 0 unspecified atom stereocenters. The number of alkyl halides is 1. The molecule has 1 aliphatic carbocycles. The van der Waals surface area contributed by atoms with Gasteiger partial charge in [-0.05, 0) is 49.6 Å². The first-order valence-corrected chi connectivity index (χ1v) is 8.47. The molecule has 2 atom stereocenters. The van der Waals surface area contributed by atoms with Crippen molar-refractivity contribution < 1.29 is 19.1 Å². The summed E-state index contributed by atoms with van der Waals surface area (Å²) in [5.74, 6) is -1.49. The number of rotatable bonds is 3. The van der Waals surface area contributed by atoms with Gasteiger partial charge in [0.15, 0.2) is 5.67 Å². The maximum Gasteiger partial charge on any atom is 0.335 e. The van der Waals surface area contributed by atoms with Gasteiger partial charge in [0, 0.05) is 37.7 Å². The molecule has 6 heteroatoms. The van der Waals surface area contributed by atoms with Crippen molar-refractivity contribution in [2.45, 2.75) is 30.8 Å². The van der Waals surface area contributed by atoms with E-state index in [2.05, 4.69) is 4.90 Å². The summed E-state index contributed by atoms with van der Waals surface area (Å²) in [5, 5.41) is 9.34. The molecule has 24 heavy (non-hydrogen) atoms. The van der Waals surface area contributed by atoms with Crippen molar-refractivity contribution in [3.8, 4) is 0 Å². The topological polar surface area (TPSA) is 60.9 Å². The highest BCUT2D eigenvalue weighted by atomic mass is 19.1.